The number of β-amino-alcohol motifs (C(OH)–C–C–N with tert-alkyl or cyclic N) is 1. The zero-order chi connectivity index (χ0) is 12.1. The second kappa shape index (κ2) is 6.18. The van der Waals surface area contributed by atoms with Crippen LogP contribution in [0.3, 0.4) is 0 Å². The van der Waals surface area contributed by atoms with E-state index in [1.54, 1.807) is 4.90 Å². The number of hydrogen-bond donors (Lipinski definition) is 3. The lowest BCUT2D eigenvalue weighted by Crippen LogP contribution is -2.47. The van der Waals surface area contributed by atoms with Crippen molar-refractivity contribution >= 4 is 5.91 Å². The maximum absolute atomic E-state index is 12.1. The van der Waals surface area contributed by atoms with Gasteiger partial charge in [-0.15, -0.1) is 0 Å². The summed E-state index contributed by atoms with van der Waals surface area (Å²) in [6, 6.07) is -0.144. The van der Waals surface area contributed by atoms with Crippen molar-refractivity contribution in [3.8, 4) is 0 Å². The Morgan fingerprint density at radius 1 is 1.56 bits per heavy atom. The van der Waals surface area contributed by atoms with E-state index < -0.39 is 6.10 Å². The summed E-state index contributed by atoms with van der Waals surface area (Å²) in [5, 5.41) is 21.2. The largest absolute Gasteiger partial charge is 0.396 e. The SMILES string of the molecule is CC(C)N(CCCO)C(=O)C1CC(O)CN1. The van der Waals surface area contributed by atoms with Crippen molar-refractivity contribution in [2.24, 2.45) is 0 Å². The van der Waals surface area contributed by atoms with Crippen molar-refractivity contribution in [3.63, 3.8) is 0 Å². The predicted molar refractivity (Wildman–Crippen MR) is 61.0 cm³/mol. The van der Waals surface area contributed by atoms with Crippen LogP contribution in [0.25, 0.3) is 0 Å². The fourth-order valence-electron chi connectivity index (χ4n) is 1.97. The monoisotopic (exact) mass is 230 g/mol. The molecule has 1 heterocycles. The van der Waals surface area contributed by atoms with Gasteiger partial charge in [-0.05, 0) is 26.7 Å². The Morgan fingerprint density at radius 3 is 2.69 bits per heavy atom. The summed E-state index contributed by atoms with van der Waals surface area (Å²) < 4.78 is 0. The van der Waals surface area contributed by atoms with Gasteiger partial charge >= 0.3 is 0 Å². The highest BCUT2D eigenvalue weighted by Gasteiger charge is 2.31. The average Bonchev–Trinajstić information content (AvgIpc) is 2.64. The van der Waals surface area contributed by atoms with Crippen molar-refractivity contribution in [2.75, 3.05) is 19.7 Å². The van der Waals surface area contributed by atoms with Crippen molar-refractivity contribution < 1.29 is 15.0 Å². The quantitative estimate of drug-likeness (QED) is 0.585. The van der Waals surface area contributed by atoms with Gasteiger partial charge in [0.2, 0.25) is 5.91 Å². The Balaban J connectivity index is 2.53. The molecule has 0 aromatic rings. The summed E-state index contributed by atoms with van der Waals surface area (Å²) >= 11 is 0. The molecule has 1 amide bonds. The van der Waals surface area contributed by atoms with E-state index in [0.29, 0.717) is 25.9 Å². The summed E-state index contributed by atoms with van der Waals surface area (Å²) in [6.07, 6.45) is 0.668. The molecule has 0 bridgehead atoms. The van der Waals surface area contributed by atoms with E-state index in [1.807, 2.05) is 13.8 Å². The number of carbonyl (C=O) groups excluding carboxylic acids is 1. The van der Waals surface area contributed by atoms with E-state index in [9.17, 15) is 9.90 Å². The predicted octanol–water partition coefficient (Wildman–Crippen LogP) is -0.671. The molecule has 0 aromatic heterocycles. The van der Waals surface area contributed by atoms with Gasteiger partial charge in [-0.3, -0.25) is 4.79 Å². The van der Waals surface area contributed by atoms with E-state index >= 15 is 0 Å². The highest BCUT2D eigenvalue weighted by molar-refractivity contribution is 5.82. The molecule has 1 aliphatic rings. The minimum atomic E-state index is -0.416. The third kappa shape index (κ3) is 3.43. The first-order chi connectivity index (χ1) is 7.56. The molecule has 94 valence electrons. The number of aliphatic hydroxyl groups excluding tert-OH is 2. The Bertz CT molecular complexity index is 233. The first-order valence-corrected chi connectivity index (χ1v) is 5.89. The van der Waals surface area contributed by atoms with Gasteiger partial charge in [-0.2, -0.15) is 0 Å². The van der Waals surface area contributed by atoms with E-state index in [1.165, 1.54) is 0 Å². The van der Waals surface area contributed by atoms with Crippen LogP contribution in [0.4, 0.5) is 0 Å². The molecule has 16 heavy (non-hydrogen) atoms. The number of hydrogen-bond acceptors (Lipinski definition) is 4. The summed E-state index contributed by atoms with van der Waals surface area (Å²) in [4.78, 5) is 13.9. The highest BCUT2D eigenvalue weighted by atomic mass is 16.3. The Kier molecular flexibility index (Phi) is 5.18. The topological polar surface area (TPSA) is 72.8 Å². The fourth-order valence-corrected chi connectivity index (χ4v) is 1.97. The van der Waals surface area contributed by atoms with Crippen molar-refractivity contribution in [3.05, 3.63) is 0 Å². The van der Waals surface area contributed by atoms with Crippen LogP contribution in [0.15, 0.2) is 0 Å². The maximum atomic E-state index is 12.1. The van der Waals surface area contributed by atoms with Crippen LogP contribution < -0.4 is 5.32 Å². The van der Waals surface area contributed by atoms with E-state index in [2.05, 4.69) is 5.32 Å². The first-order valence-electron chi connectivity index (χ1n) is 5.89. The van der Waals surface area contributed by atoms with E-state index in [4.69, 9.17) is 5.11 Å². The Hall–Kier alpha value is -0.650. The number of rotatable bonds is 5. The van der Waals surface area contributed by atoms with Gasteiger partial charge in [0.25, 0.3) is 0 Å². The average molecular weight is 230 g/mol. The third-order valence-electron chi connectivity index (χ3n) is 2.87. The minimum Gasteiger partial charge on any atom is -0.396 e. The fraction of sp³-hybridized carbons (Fsp3) is 0.909. The summed E-state index contributed by atoms with van der Waals surface area (Å²) in [5.74, 6) is 0.0278. The van der Waals surface area contributed by atoms with Gasteiger partial charge in [0.1, 0.15) is 0 Å². The molecule has 1 rings (SSSR count). The smallest absolute Gasteiger partial charge is 0.240 e. The standard InChI is InChI=1S/C11H22N2O3/c1-8(2)13(4-3-5-14)11(16)10-6-9(15)7-12-10/h8-10,12,14-15H,3-7H2,1-2H3. The second-order valence-corrected chi connectivity index (χ2v) is 4.55. The van der Waals surface area contributed by atoms with Crippen molar-refractivity contribution in [2.45, 2.75) is 44.9 Å². The van der Waals surface area contributed by atoms with Gasteiger partial charge in [0.15, 0.2) is 0 Å². The molecule has 2 atom stereocenters. The molecule has 0 aromatic carbocycles. The van der Waals surface area contributed by atoms with E-state index in [-0.39, 0.29) is 24.6 Å². The molecule has 0 radical (unpaired) electrons. The molecule has 1 aliphatic heterocycles. The lowest BCUT2D eigenvalue weighted by atomic mass is 10.1. The molecular formula is C11H22N2O3. The molecular weight excluding hydrogens is 208 g/mol. The van der Waals surface area contributed by atoms with Crippen LogP contribution in [0.2, 0.25) is 0 Å². The maximum Gasteiger partial charge on any atom is 0.240 e. The molecule has 1 fully saturated rings. The molecule has 5 nitrogen and oxygen atoms in total. The van der Waals surface area contributed by atoms with Gasteiger partial charge < -0.3 is 20.4 Å². The molecule has 5 heteroatoms. The normalized spacial score (nSPS) is 25.1. The lowest BCUT2D eigenvalue weighted by molar-refractivity contribution is -0.135. The number of carbonyl (C=O) groups is 1. The van der Waals surface area contributed by atoms with Crippen LogP contribution in [0.5, 0.6) is 0 Å². The van der Waals surface area contributed by atoms with Crippen LogP contribution in [0.1, 0.15) is 26.7 Å². The second-order valence-electron chi connectivity index (χ2n) is 4.55. The number of nitrogens with one attached hydrogen (secondary N) is 1. The van der Waals surface area contributed by atoms with Crippen LogP contribution in [-0.2, 0) is 4.79 Å². The van der Waals surface area contributed by atoms with Gasteiger partial charge in [-0.25, -0.2) is 0 Å². The van der Waals surface area contributed by atoms with Crippen LogP contribution >= 0.6 is 0 Å². The Morgan fingerprint density at radius 2 is 2.25 bits per heavy atom. The van der Waals surface area contributed by atoms with Crippen molar-refractivity contribution in [1.82, 2.24) is 10.2 Å². The molecule has 1 saturated heterocycles. The zero-order valence-electron chi connectivity index (χ0n) is 10.0. The third-order valence-corrected chi connectivity index (χ3v) is 2.87. The zero-order valence-corrected chi connectivity index (χ0v) is 10.0. The lowest BCUT2D eigenvalue weighted by Gasteiger charge is -2.29. The molecule has 3 N–H and O–H groups in total. The summed E-state index contributed by atoms with van der Waals surface area (Å²) in [7, 11) is 0. The first kappa shape index (κ1) is 13.4. The van der Waals surface area contributed by atoms with E-state index in [0.717, 1.165) is 0 Å². The Labute approximate surface area is 96.4 Å². The van der Waals surface area contributed by atoms with Gasteiger partial charge in [-0.1, -0.05) is 0 Å². The number of amides is 1. The number of nitrogens with zero attached hydrogens (tertiary/aromatic N) is 1. The highest BCUT2D eigenvalue weighted by Crippen LogP contribution is 2.12. The van der Waals surface area contributed by atoms with Crippen LogP contribution in [0, 0.1) is 0 Å². The van der Waals surface area contributed by atoms with Crippen molar-refractivity contribution in [1.29, 1.82) is 0 Å². The molecule has 0 saturated carbocycles. The molecule has 0 aliphatic carbocycles. The van der Waals surface area contributed by atoms with Gasteiger partial charge in [0, 0.05) is 25.7 Å². The molecule has 0 spiro atoms. The summed E-state index contributed by atoms with van der Waals surface area (Å²) in [5.41, 5.74) is 0. The summed E-state index contributed by atoms with van der Waals surface area (Å²) in [6.45, 7) is 5.07. The van der Waals surface area contributed by atoms with Crippen LogP contribution in [-0.4, -0.2) is 58.9 Å². The van der Waals surface area contributed by atoms with Gasteiger partial charge in [0.05, 0.1) is 12.1 Å². The number of aliphatic hydroxyl groups is 2. The minimum absolute atomic E-state index is 0.0278. The molecule has 2 unspecified atom stereocenters.